The molecule has 4 rings (SSSR count). The zero-order chi connectivity index (χ0) is 19.2. The first kappa shape index (κ1) is 17.8. The first-order valence-corrected chi connectivity index (χ1v) is 10.1. The van der Waals surface area contributed by atoms with Crippen molar-refractivity contribution in [2.45, 2.75) is 25.9 Å². The molecule has 2 unspecified atom stereocenters. The lowest BCUT2D eigenvalue weighted by molar-refractivity contribution is -0.138. The summed E-state index contributed by atoms with van der Waals surface area (Å²) in [5.41, 5.74) is 2.42. The molecule has 0 radical (unpaired) electrons. The van der Waals surface area contributed by atoms with E-state index in [0.717, 1.165) is 5.56 Å². The first-order valence-electron chi connectivity index (χ1n) is 8.70. The van der Waals surface area contributed by atoms with Crippen molar-refractivity contribution in [2.75, 3.05) is 6.61 Å². The normalized spacial score (nSPS) is 23.0. The van der Waals surface area contributed by atoms with Crippen molar-refractivity contribution in [1.82, 2.24) is 4.31 Å². The molecule has 7 heteroatoms. The number of hydrogen-bond donors (Lipinski definition) is 0. The molecule has 0 amide bonds. The minimum atomic E-state index is -4.10. The molecule has 0 spiro atoms. The molecule has 0 bridgehead atoms. The van der Waals surface area contributed by atoms with Gasteiger partial charge in [-0.15, -0.1) is 4.31 Å². The second kappa shape index (κ2) is 6.51. The highest BCUT2D eigenvalue weighted by Crippen LogP contribution is 2.51. The fraction of sp³-hybridized carbons (Fsp3) is 0.250. The molecule has 0 N–H and O–H groups in total. The van der Waals surface area contributed by atoms with Gasteiger partial charge in [-0.2, -0.15) is 8.42 Å². The summed E-state index contributed by atoms with van der Waals surface area (Å²) in [4.78, 5) is 12.6. The van der Waals surface area contributed by atoms with Gasteiger partial charge in [0.2, 0.25) is 0 Å². The molecule has 2 atom stereocenters. The van der Waals surface area contributed by atoms with Crippen molar-refractivity contribution in [3.05, 3.63) is 76.9 Å². The van der Waals surface area contributed by atoms with Gasteiger partial charge < -0.3 is 8.92 Å². The monoisotopic (exact) mass is 385 g/mol. The van der Waals surface area contributed by atoms with Crippen LogP contribution in [0.25, 0.3) is 0 Å². The van der Waals surface area contributed by atoms with Crippen LogP contribution >= 0.6 is 0 Å². The zero-order valence-corrected chi connectivity index (χ0v) is 15.8. The molecule has 0 fully saturated rings. The van der Waals surface area contributed by atoms with E-state index in [1.165, 1.54) is 4.31 Å². The van der Waals surface area contributed by atoms with Gasteiger partial charge in [0.25, 0.3) is 0 Å². The quantitative estimate of drug-likeness (QED) is 0.759. The highest BCUT2D eigenvalue weighted by Gasteiger charge is 2.51. The third-order valence-corrected chi connectivity index (χ3v) is 6.13. The Bertz CT molecular complexity index is 1030. The molecule has 2 aliphatic rings. The van der Waals surface area contributed by atoms with E-state index in [0.29, 0.717) is 22.4 Å². The minimum Gasteiger partial charge on any atom is -0.463 e. The summed E-state index contributed by atoms with van der Waals surface area (Å²) in [6.07, 6.45) is 1.67. The lowest BCUT2D eigenvalue weighted by Crippen LogP contribution is -2.41. The second-order valence-corrected chi connectivity index (χ2v) is 7.91. The van der Waals surface area contributed by atoms with Crippen LogP contribution in [-0.4, -0.2) is 25.3 Å². The summed E-state index contributed by atoms with van der Waals surface area (Å²) >= 11 is 0. The van der Waals surface area contributed by atoms with E-state index in [2.05, 4.69) is 0 Å². The van der Waals surface area contributed by atoms with Crippen molar-refractivity contribution in [2.24, 2.45) is 0 Å². The third kappa shape index (κ3) is 2.83. The molecule has 2 aliphatic heterocycles. The topological polar surface area (TPSA) is 72.9 Å². The highest BCUT2D eigenvalue weighted by molar-refractivity contribution is 7.84. The number of carbonyl (C=O) groups is 1. The smallest absolute Gasteiger partial charge is 0.386 e. The Morgan fingerprint density at radius 1 is 1.15 bits per heavy atom. The van der Waals surface area contributed by atoms with Crippen LogP contribution in [0.3, 0.4) is 0 Å². The van der Waals surface area contributed by atoms with Crippen molar-refractivity contribution in [3.63, 3.8) is 0 Å². The Morgan fingerprint density at radius 2 is 1.89 bits per heavy atom. The van der Waals surface area contributed by atoms with Crippen LogP contribution in [0.2, 0.25) is 0 Å². The van der Waals surface area contributed by atoms with Gasteiger partial charge in [0.05, 0.1) is 24.3 Å². The number of para-hydroxylation sites is 1. The third-order valence-electron chi connectivity index (χ3n) is 4.79. The van der Waals surface area contributed by atoms with Gasteiger partial charge in [-0.1, -0.05) is 48.5 Å². The van der Waals surface area contributed by atoms with Gasteiger partial charge >= 0.3 is 16.3 Å². The summed E-state index contributed by atoms with van der Waals surface area (Å²) in [7, 11) is -4.10. The van der Waals surface area contributed by atoms with Gasteiger partial charge in [0.15, 0.2) is 5.75 Å². The molecule has 6 nitrogen and oxygen atoms in total. The standard InChI is InChI=1S/C20H19NO5S/c1-3-25-20(22)16-12-17-15-11-7-8-13(2)19(15)26-27(23,24)21(17)18(16)14-9-5-4-6-10-14/h4-12,17-18H,3H2,1-2H3. The van der Waals surface area contributed by atoms with Gasteiger partial charge in [0.1, 0.15) is 0 Å². The molecule has 0 aromatic heterocycles. The molecule has 0 saturated carbocycles. The summed E-state index contributed by atoms with van der Waals surface area (Å²) in [6, 6.07) is 13.1. The maximum Gasteiger partial charge on any atom is 0.386 e. The fourth-order valence-electron chi connectivity index (χ4n) is 3.65. The van der Waals surface area contributed by atoms with Crippen molar-refractivity contribution >= 4 is 16.3 Å². The van der Waals surface area contributed by atoms with E-state index in [4.69, 9.17) is 8.92 Å². The minimum absolute atomic E-state index is 0.210. The predicted molar refractivity (Wildman–Crippen MR) is 99.2 cm³/mol. The summed E-state index contributed by atoms with van der Waals surface area (Å²) in [6.45, 7) is 3.72. The average Bonchev–Trinajstić information content (AvgIpc) is 3.06. The number of benzene rings is 2. The van der Waals surface area contributed by atoms with Crippen LogP contribution in [0.5, 0.6) is 5.75 Å². The van der Waals surface area contributed by atoms with E-state index < -0.39 is 28.4 Å². The van der Waals surface area contributed by atoms with E-state index in [1.54, 1.807) is 50.3 Å². The average molecular weight is 385 g/mol. The number of rotatable bonds is 3. The maximum absolute atomic E-state index is 13.0. The lowest BCUT2D eigenvalue weighted by atomic mass is 10.0. The number of carbonyl (C=O) groups excluding carboxylic acids is 1. The SMILES string of the molecule is CCOC(=O)C1=CC2c3cccc(C)c3OS(=O)(=O)N2C1c1ccccc1. The Kier molecular flexibility index (Phi) is 4.28. The van der Waals surface area contributed by atoms with Crippen LogP contribution < -0.4 is 4.18 Å². The van der Waals surface area contributed by atoms with E-state index in [9.17, 15) is 13.2 Å². The summed E-state index contributed by atoms with van der Waals surface area (Å²) in [5.74, 6) is -0.197. The van der Waals surface area contributed by atoms with E-state index >= 15 is 0 Å². The summed E-state index contributed by atoms with van der Waals surface area (Å²) < 4.78 is 37.9. The Morgan fingerprint density at radius 3 is 2.59 bits per heavy atom. The number of ether oxygens (including phenoxy) is 1. The Balaban J connectivity index is 1.92. The van der Waals surface area contributed by atoms with Crippen molar-refractivity contribution < 1.29 is 22.1 Å². The largest absolute Gasteiger partial charge is 0.463 e. The van der Waals surface area contributed by atoms with Gasteiger partial charge in [-0.25, -0.2) is 4.79 Å². The van der Waals surface area contributed by atoms with Crippen molar-refractivity contribution in [3.8, 4) is 5.75 Å². The van der Waals surface area contributed by atoms with Crippen LogP contribution in [0.4, 0.5) is 0 Å². The zero-order valence-electron chi connectivity index (χ0n) is 15.0. The van der Waals surface area contributed by atoms with Crippen LogP contribution in [-0.2, 0) is 19.8 Å². The second-order valence-electron chi connectivity index (χ2n) is 6.46. The Labute approximate surface area is 158 Å². The molecule has 0 saturated heterocycles. The predicted octanol–water partition coefficient (Wildman–Crippen LogP) is 3.22. The maximum atomic E-state index is 13.0. The molecule has 2 heterocycles. The molecule has 0 aliphatic carbocycles. The molecular weight excluding hydrogens is 366 g/mol. The van der Waals surface area contributed by atoms with Crippen LogP contribution in [0, 0.1) is 6.92 Å². The van der Waals surface area contributed by atoms with Crippen molar-refractivity contribution in [1.29, 1.82) is 0 Å². The number of hydrogen-bond acceptors (Lipinski definition) is 5. The lowest BCUT2D eigenvalue weighted by Gasteiger charge is -2.35. The first-order chi connectivity index (χ1) is 12.9. The fourth-order valence-corrected chi connectivity index (χ4v) is 5.12. The number of nitrogens with zero attached hydrogens (tertiary/aromatic N) is 1. The van der Waals surface area contributed by atoms with Crippen LogP contribution in [0.1, 0.15) is 35.7 Å². The summed E-state index contributed by atoms with van der Waals surface area (Å²) in [5, 5.41) is 0. The molecule has 27 heavy (non-hydrogen) atoms. The van der Waals surface area contributed by atoms with Gasteiger partial charge in [0, 0.05) is 5.56 Å². The number of fused-ring (bicyclic) bond motifs is 3. The molecule has 2 aromatic carbocycles. The highest BCUT2D eigenvalue weighted by atomic mass is 32.2. The van der Waals surface area contributed by atoms with E-state index in [-0.39, 0.29) is 6.61 Å². The van der Waals surface area contributed by atoms with E-state index in [1.807, 2.05) is 18.2 Å². The number of aryl methyl sites for hydroxylation is 1. The molecular formula is C20H19NO5S. The van der Waals surface area contributed by atoms with Crippen LogP contribution in [0.15, 0.2) is 60.2 Å². The van der Waals surface area contributed by atoms with Gasteiger partial charge in [-0.3, -0.25) is 0 Å². The molecule has 2 aromatic rings. The van der Waals surface area contributed by atoms with Gasteiger partial charge in [-0.05, 0) is 31.1 Å². The number of esters is 1. The molecule has 140 valence electrons. The Hall–Kier alpha value is -2.64.